The first-order valence-electron chi connectivity index (χ1n) is 9.23. The van der Waals surface area contributed by atoms with Crippen LogP contribution in [0.5, 0.6) is 0 Å². The third-order valence-corrected chi connectivity index (χ3v) is 4.83. The van der Waals surface area contributed by atoms with E-state index in [1.165, 1.54) is 43.1 Å². The Balaban J connectivity index is 1.55. The van der Waals surface area contributed by atoms with Crippen molar-refractivity contribution in [2.45, 2.75) is 31.9 Å². The summed E-state index contributed by atoms with van der Waals surface area (Å²) in [6.07, 6.45) is -0.259. The number of carbonyl (C=O) groups is 1. The minimum atomic E-state index is -4.54. The lowest BCUT2D eigenvalue weighted by Crippen LogP contribution is -2.29. The van der Waals surface area contributed by atoms with E-state index in [2.05, 4.69) is 22.3 Å². The SMILES string of the molecule is O=C(NCCc1ccc(N2CCCCC2)cc1)c1ccccc1C(F)(F)F. The molecule has 0 unspecified atom stereocenters. The van der Waals surface area contributed by atoms with Crippen LogP contribution >= 0.6 is 0 Å². The van der Waals surface area contributed by atoms with Crippen molar-refractivity contribution in [3.8, 4) is 0 Å². The van der Waals surface area contributed by atoms with Crippen molar-refractivity contribution < 1.29 is 18.0 Å². The molecule has 2 aromatic carbocycles. The van der Waals surface area contributed by atoms with Gasteiger partial charge in [0.2, 0.25) is 0 Å². The average Bonchev–Trinajstić information content (AvgIpc) is 2.68. The number of benzene rings is 2. The Kier molecular flexibility index (Phi) is 6.04. The van der Waals surface area contributed by atoms with Gasteiger partial charge in [0, 0.05) is 25.3 Å². The molecule has 0 radical (unpaired) electrons. The second kappa shape index (κ2) is 8.46. The van der Waals surface area contributed by atoms with Crippen LogP contribution in [0.1, 0.15) is 40.7 Å². The van der Waals surface area contributed by atoms with Crippen LogP contribution < -0.4 is 10.2 Å². The first-order chi connectivity index (χ1) is 12.9. The Morgan fingerprint density at radius 2 is 1.63 bits per heavy atom. The van der Waals surface area contributed by atoms with E-state index in [-0.39, 0.29) is 12.1 Å². The maximum Gasteiger partial charge on any atom is 0.417 e. The molecule has 1 N–H and O–H groups in total. The lowest BCUT2D eigenvalue weighted by atomic mass is 10.1. The molecule has 3 nitrogen and oxygen atoms in total. The van der Waals surface area contributed by atoms with Crippen molar-refractivity contribution in [1.29, 1.82) is 0 Å². The van der Waals surface area contributed by atoms with Crippen molar-refractivity contribution in [2.75, 3.05) is 24.5 Å². The summed E-state index contributed by atoms with van der Waals surface area (Å²) in [4.78, 5) is 14.5. The Labute approximate surface area is 157 Å². The number of hydrogen-bond acceptors (Lipinski definition) is 2. The van der Waals surface area contributed by atoms with E-state index in [1.54, 1.807) is 0 Å². The summed E-state index contributed by atoms with van der Waals surface area (Å²) in [5, 5.41) is 2.59. The Morgan fingerprint density at radius 1 is 0.963 bits per heavy atom. The van der Waals surface area contributed by atoms with Crippen LogP contribution in [0.2, 0.25) is 0 Å². The summed E-state index contributed by atoms with van der Waals surface area (Å²) in [5.74, 6) is -0.701. The molecule has 1 aliphatic rings. The summed E-state index contributed by atoms with van der Waals surface area (Å²) in [6.45, 7) is 2.44. The van der Waals surface area contributed by atoms with Gasteiger partial charge in [-0.2, -0.15) is 13.2 Å². The normalized spacial score (nSPS) is 14.9. The summed E-state index contributed by atoms with van der Waals surface area (Å²) >= 11 is 0. The zero-order valence-electron chi connectivity index (χ0n) is 15.1. The molecule has 1 aliphatic heterocycles. The Bertz CT molecular complexity index is 766. The van der Waals surface area contributed by atoms with E-state index in [4.69, 9.17) is 0 Å². The predicted molar refractivity (Wildman–Crippen MR) is 100.0 cm³/mol. The van der Waals surface area contributed by atoms with Gasteiger partial charge in [-0.25, -0.2) is 0 Å². The van der Waals surface area contributed by atoms with Gasteiger partial charge in [0.15, 0.2) is 0 Å². The van der Waals surface area contributed by atoms with Crippen LogP contribution in [0.4, 0.5) is 18.9 Å². The third kappa shape index (κ3) is 5.02. The van der Waals surface area contributed by atoms with Crippen molar-refractivity contribution in [2.24, 2.45) is 0 Å². The molecule has 0 bridgehead atoms. The van der Waals surface area contributed by atoms with Crippen molar-refractivity contribution in [1.82, 2.24) is 5.32 Å². The maximum absolute atomic E-state index is 13.0. The number of amides is 1. The smallest absolute Gasteiger partial charge is 0.372 e. The molecule has 144 valence electrons. The second-order valence-corrected chi connectivity index (χ2v) is 6.76. The number of nitrogens with zero attached hydrogens (tertiary/aromatic N) is 1. The van der Waals surface area contributed by atoms with Gasteiger partial charge in [0.25, 0.3) is 5.91 Å². The van der Waals surface area contributed by atoms with Crippen molar-refractivity contribution in [3.05, 3.63) is 65.2 Å². The fourth-order valence-electron chi connectivity index (χ4n) is 3.37. The van der Waals surface area contributed by atoms with Gasteiger partial charge >= 0.3 is 6.18 Å². The minimum absolute atomic E-state index is 0.286. The molecular weight excluding hydrogens is 353 g/mol. The highest BCUT2D eigenvalue weighted by Gasteiger charge is 2.34. The molecule has 0 aliphatic carbocycles. The Morgan fingerprint density at radius 3 is 2.30 bits per heavy atom. The molecule has 1 fully saturated rings. The molecule has 1 saturated heterocycles. The van der Waals surface area contributed by atoms with Gasteiger partial charge in [-0.3, -0.25) is 4.79 Å². The third-order valence-electron chi connectivity index (χ3n) is 4.83. The lowest BCUT2D eigenvalue weighted by Gasteiger charge is -2.28. The van der Waals surface area contributed by atoms with E-state index in [0.29, 0.717) is 6.42 Å². The molecule has 0 saturated carbocycles. The zero-order chi connectivity index (χ0) is 19.3. The number of alkyl halides is 3. The Hall–Kier alpha value is -2.50. The summed E-state index contributed by atoms with van der Waals surface area (Å²) in [6, 6.07) is 13.0. The maximum atomic E-state index is 13.0. The highest BCUT2D eigenvalue weighted by molar-refractivity contribution is 5.95. The quantitative estimate of drug-likeness (QED) is 0.823. The molecule has 6 heteroatoms. The number of rotatable bonds is 5. The van der Waals surface area contributed by atoms with E-state index in [1.807, 2.05) is 12.1 Å². The molecule has 0 aromatic heterocycles. The van der Waals surface area contributed by atoms with E-state index < -0.39 is 17.6 Å². The van der Waals surface area contributed by atoms with Crippen LogP contribution in [0.25, 0.3) is 0 Å². The molecule has 1 heterocycles. The number of nitrogens with one attached hydrogen (secondary N) is 1. The standard InChI is InChI=1S/C21H23F3N2O/c22-21(23,24)19-7-3-2-6-18(19)20(27)25-13-12-16-8-10-17(11-9-16)26-14-4-1-5-15-26/h2-3,6-11H,1,4-5,12-15H2,(H,25,27). The summed E-state index contributed by atoms with van der Waals surface area (Å²) in [5.41, 5.74) is 0.987. The first-order valence-corrected chi connectivity index (χ1v) is 9.23. The van der Waals surface area contributed by atoms with Gasteiger partial charge in [-0.05, 0) is 55.5 Å². The van der Waals surface area contributed by atoms with Gasteiger partial charge < -0.3 is 10.2 Å². The fraction of sp³-hybridized carbons (Fsp3) is 0.381. The predicted octanol–water partition coefficient (Wildman–Crippen LogP) is 4.67. The number of hydrogen-bond donors (Lipinski definition) is 1. The molecule has 0 spiro atoms. The highest BCUT2D eigenvalue weighted by atomic mass is 19.4. The van der Waals surface area contributed by atoms with Crippen LogP contribution in [0.3, 0.4) is 0 Å². The summed E-state index contributed by atoms with van der Waals surface area (Å²) < 4.78 is 39.0. The average molecular weight is 376 g/mol. The fourth-order valence-corrected chi connectivity index (χ4v) is 3.37. The zero-order valence-corrected chi connectivity index (χ0v) is 15.1. The molecule has 2 aromatic rings. The van der Waals surface area contributed by atoms with Crippen LogP contribution in [0, 0.1) is 0 Å². The van der Waals surface area contributed by atoms with E-state index in [0.717, 1.165) is 24.7 Å². The van der Waals surface area contributed by atoms with Crippen LogP contribution in [-0.4, -0.2) is 25.5 Å². The number of carbonyl (C=O) groups excluding carboxylic acids is 1. The molecule has 0 atom stereocenters. The minimum Gasteiger partial charge on any atom is -0.372 e. The lowest BCUT2D eigenvalue weighted by molar-refractivity contribution is -0.137. The van der Waals surface area contributed by atoms with E-state index >= 15 is 0 Å². The van der Waals surface area contributed by atoms with Gasteiger partial charge in [-0.1, -0.05) is 24.3 Å². The molecule has 3 rings (SSSR count). The molecular formula is C21H23F3N2O. The van der Waals surface area contributed by atoms with Crippen molar-refractivity contribution >= 4 is 11.6 Å². The van der Waals surface area contributed by atoms with Gasteiger partial charge in [0.1, 0.15) is 0 Å². The van der Waals surface area contributed by atoms with E-state index in [9.17, 15) is 18.0 Å². The van der Waals surface area contributed by atoms with Gasteiger partial charge in [-0.15, -0.1) is 0 Å². The highest BCUT2D eigenvalue weighted by Crippen LogP contribution is 2.31. The van der Waals surface area contributed by atoms with Gasteiger partial charge in [0.05, 0.1) is 11.1 Å². The topological polar surface area (TPSA) is 32.3 Å². The number of halogens is 3. The molecule has 1 amide bonds. The monoisotopic (exact) mass is 376 g/mol. The number of anilines is 1. The second-order valence-electron chi connectivity index (χ2n) is 6.76. The summed E-state index contributed by atoms with van der Waals surface area (Å²) in [7, 11) is 0. The largest absolute Gasteiger partial charge is 0.417 e. The number of piperidine rings is 1. The first kappa shape index (κ1) is 19.3. The van der Waals surface area contributed by atoms with Crippen LogP contribution in [-0.2, 0) is 12.6 Å². The molecule has 27 heavy (non-hydrogen) atoms. The van der Waals surface area contributed by atoms with Crippen molar-refractivity contribution in [3.63, 3.8) is 0 Å². The van der Waals surface area contributed by atoms with Crippen LogP contribution in [0.15, 0.2) is 48.5 Å².